The molecule has 0 bridgehead atoms. The van der Waals surface area contributed by atoms with Gasteiger partial charge in [0.2, 0.25) is 10.0 Å². The molecule has 0 atom stereocenters. The number of hydrogen-bond acceptors (Lipinski definition) is 7. The highest BCUT2D eigenvalue weighted by Crippen LogP contribution is 2.23. The van der Waals surface area contributed by atoms with Crippen LogP contribution in [0, 0.1) is 0 Å². The van der Waals surface area contributed by atoms with E-state index >= 15 is 0 Å². The number of rotatable bonds is 6. The summed E-state index contributed by atoms with van der Waals surface area (Å²) in [6, 6.07) is 10.1. The second-order valence-electron chi connectivity index (χ2n) is 4.93. The number of sulfonamides is 1. The van der Waals surface area contributed by atoms with Gasteiger partial charge in [0.25, 0.3) is 0 Å². The second kappa shape index (κ2) is 7.72. The van der Waals surface area contributed by atoms with E-state index < -0.39 is 26.2 Å². The average molecular weight is 400 g/mol. The third-order valence-electron chi connectivity index (χ3n) is 2.98. The van der Waals surface area contributed by atoms with Gasteiger partial charge in [0.15, 0.2) is 0 Å². The first kappa shape index (κ1) is 19.7. The molecule has 0 fully saturated rings. The minimum Gasteiger partial charge on any atom is -0.450 e. The van der Waals surface area contributed by atoms with Crippen molar-refractivity contribution in [3.8, 4) is 5.75 Å². The smallest absolute Gasteiger partial charge is 0.411 e. The maximum atomic E-state index is 12.3. The number of carbonyl (C=O) groups is 1. The number of nitrogens with two attached hydrogens (primary N) is 1. The van der Waals surface area contributed by atoms with Gasteiger partial charge < -0.3 is 8.92 Å². The van der Waals surface area contributed by atoms with Crippen molar-refractivity contribution in [3.63, 3.8) is 0 Å². The molecule has 26 heavy (non-hydrogen) atoms. The molecule has 0 saturated carbocycles. The lowest BCUT2D eigenvalue weighted by atomic mass is 10.3. The fourth-order valence-corrected chi connectivity index (χ4v) is 3.50. The monoisotopic (exact) mass is 400 g/mol. The lowest BCUT2D eigenvalue weighted by Crippen LogP contribution is -2.15. The molecule has 11 heteroatoms. The van der Waals surface area contributed by atoms with Gasteiger partial charge in [-0.05, 0) is 37.3 Å². The highest BCUT2D eigenvalue weighted by Gasteiger charge is 2.20. The molecule has 0 aliphatic heterocycles. The predicted molar refractivity (Wildman–Crippen MR) is 92.7 cm³/mol. The first-order chi connectivity index (χ1) is 12.1. The SMILES string of the molecule is CCOC(=O)Nc1cccc(OS(=O)(=O)c2cccc(S(N)(=O)=O)c2)c1. The summed E-state index contributed by atoms with van der Waals surface area (Å²) < 4.78 is 57.1. The van der Waals surface area contributed by atoms with E-state index in [-0.39, 0.29) is 27.8 Å². The van der Waals surface area contributed by atoms with Crippen LogP contribution in [-0.2, 0) is 24.9 Å². The van der Waals surface area contributed by atoms with Gasteiger partial charge in [-0.3, -0.25) is 5.32 Å². The van der Waals surface area contributed by atoms with Crippen LogP contribution in [0.5, 0.6) is 5.75 Å². The third-order valence-corrected chi connectivity index (χ3v) is 5.14. The Morgan fingerprint density at radius 1 is 1.04 bits per heavy atom. The molecule has 140 valence electrons. The normalized spacial score (nSPS) is 11.6. The van der Waals surface area contributed by atoms with Crippen LogP contribution >= 0.6 is 0 Å². The van der Waals surface area contributed by atoms with Crippen LogP contribution in [-0.4, -0.2) is 29.5 Å². The second-order valence-corrected chi connectivity index (χ2v) is 8.04. The van der Waals surface area contributed by atoms with Gasteiger partial charge in [-0.25, -0.2) is 18.4 Å². The molecule has 0 saturated heterocycles. The third kappa shape index (κ3) is 5.18. The van der Waals surface area contributed by atoms with Crippen molar-refractivity contribution in [2.75, 3.05) is 11.9 Å². The van der Waals surface area contributed by atoms with E-state index in [0.717, 1.165) is 12.1 Å². The van der Waals surface area contributed by atoms with Crippen molar-refractivity contribution in [3.05, 3.63) is 48.5 Å². The Hall–Kier alpha value is -2.63. The lowest BCUT2D eigenvalue weighted by molar-refractivity contribution is 0.168. The number of nitrogens with one attached hydrogen (secondary N) is 1. The highest BCUT2D eigenvalue weighted by atomic mass is 32.2. The first-order valence-corrected chi connectivity index (χ1v) is 10.2. The summed E-state index contributed by atoms with van der Waals surface area (Å²) in [5.74, 6) is -0.0830. The zero-order valence-electron chi connectivity index (χ0n) is 13.6. The summed E-state index contributed by atoms with van der Waals surface area (Å²) in [5.41, 5.74) is 0.259. The molecule has 2 rings (SSSR count). The number of carbonyl (C=O) groups excluding carboxylic acids is 1. The Balaban J connectivity index is 2.26. The van der Waals surface area contributed by atoms with Crippen LogP contribution in [0.4, 0.5) is 10.5 Å². The highest BCUT2D eigenvalue weighted by molar-refractivity contribution is 7.89. The van der Waals surface area contributed by atoms with E-state index in [4.69, 9.17) is 14.1 Å². The van der Waals surface area contributed by atoms with Crippen molar-refractivity contribution in [1.82, 2.24) is 0 Å². The van der Waals surface area contributed by atoms with E-state index in [1.807, 2.05) is 0 Å². The molecule has 0 radical (unpaired) electrons. The fourth-order valence-electron chi connectivity index (χ4n) is 1.89. The van der Waals surface area contributed by atoms with Crippen LogP contribution in [0.15, 0.2) is 58.3 Å². The van der Waals surface area contributed by atoms with E-state index in [9.17, 15) is 21.6 Å². The van der Waals surface area contributed by atoms with Gasteiger partial charge in [0.05, 0.1) is 11.5 Å². The van der Waals surface area contributed by atoms with E-state index in [2.05, 4.69) is 5.32 Å². The van der Waals surface area contributed by atoms with Crippen molar-refractivity contribution in [2.45, 2.75) is 16.7 Å². The van der Waals surface area contributed by atoms with Gasteiger partial charge in [0.1, 0.15) is 10.6 Å². The van der Waals surface area contributed by atoms with Crippen LogP contribution < -0.4 is 14.6 Å². The van der Waals surface area contributed by atoms with Crippen molar-refractivity contribution >= 4 is 31.9 Å². The predicted octanol–water partition coefficient (Wildman–Crippen LogP) is 1.67. The number of ether oxygens (including phenoxy) is 1. The quantitative estimate of drug-likeness (QED) is 0.702. The minimum atomic E-state index is -4.32. The van der Waals surface area contributed by atoms with E-state index in [0.29, 0.717) is 0 Å². The number of primary sulfonamides is 1. The molecule has 3 N–H and O–H groups in total. The van der Waals surface area contributed by atoms with Crippen molar-refractivity contribution in [1.29, 1.82) is 0 Å². The van der Waals surface area contributed by atoms with Crippen molar-refractivity contribution < 1.29 is 30.6 Å². The molecule has 0 spiro atoms. The summed E-state index contributed by atoms with van der Waals surface area (Å²) in [5, 5.41) is 7.40. The van der Waals surface area contributed by atoms with Crippen LogP contribution in [0.1, 0.15) is 6.92 Å². The maximum absolute atomic E-state index is 12.3. The summed E-state index contributed by atoms with van der Waals surface area (Å²) in [4.78, 5) is 10.7. The maximum Gasteiger partial charge on any atom is 0.411 e. The molecular weight excluding hydrogens is 384 g/mol. The fraction of sp³-hybridized carbons (Fsp3) is 0.133. The van der Waals surface area contributed by atoms with Gasteiger partial charge in [-0.2, -0.15) is 8.42 Å². The molecule has 0 aromatic heterocycles. The number of benzene rings is 2. The lowest BCUT2D eigenvalue weighted by Gasteiger charge is -2.10. The van der Waals surface area contributed by atoms with Gasteiger partial charge in [0, 0.05) is 11.8 Å². The van der Waals surface area contributed by atoms with Crippen LogP contribution in [0.2, 0.25) is 0 Å². The van der Waals surface area contributed by atoms with Crippen LogP contribution in [0.3, 0.4) is 0 Å². The first-order valence-electron chi connectivity index (χ1n) is 7.23. The number of hydrogen-bond donors (Lipinski definition) is 2. The molecule has 0 aliphatic rings. The van der Waals surface area contributed by atoms with E-state index in [1.54, 1.807) is 6.92 Å². The van der Waals surface area contributed by atoms with Crippen molar-refractivity contribution in [2.24, 2.45) is 5.14 Å². The summed E-state index contributed by atoms with van der Waals surface area (Å²) in [6.45, 7) is 1.82. The van der Waals surface area contributed by atoms with E-state index in [1.165, 1.54) is 36.4 Å². The molecule has 0 unspecified atom stereocenters. The Labute approximate surface area is 150 Å². The van der Waals surface area contributed by atoms with Crippen LogP contribution in [0.25, 0.3) is 0 Å². The largest absolute Gasteiger partial charge is 0.450 e. The summed E-state index contributed by atoms with van der Waals surface area (Å²) in [6.07, 6.45) is -0.701. The zero-order valence-corrected chi connectivity index (χ0v) is 15.2. The summed E-state index contributed by atoms with van der Waals surface area (Å²) >= 11 is 0. The molecule has 0 heterocycles. The topological polar surface area (TPSA) is 142 Å². The Morgan fingerprint density at radius 2 is 1.69 bits per heavy atom. The Morgan fingerprint density at radius 3 is 2.35 bits per heavy atom. The Bertz CT molecular complexity index is 1020. The molecule has 2 aromatic rings. The standard InChI is InChI=1S/C15H16N2O7S2/c1-2-23-15(18)17-11-5-3-6-12(9-11)24-26(21,22)14-8-4-7-13(10-14)25(16,19)20/h3-10H,2H2,1H3,(H,17,18)(H2,16,19,20). The molecule has 0 aliphatic carbocycles. The number of amides is 1. The zero-order chi connectivity index (χ0) is 19.4. The molecule has 2 aromatic carbocycles. The molecule has 1 amide bonds. The number of anilines is 1. The van der Waals surface area contributed by atoms with Gasteiger partial charge in [-0.1, -0.05) is 12.1 Å². The van der Waals surface area contributed by atoms with Gasteiger partial charge >= 0.3 is 16.2 Å². The van der Waals surface area contributed by atoms with Gasteiger partial charge in [-0.15, -0.1) is 0 Å². The minimum absolute atomic E-state index is 0.0830. The molecular formula is C15H16N2O7S2. The molecule has 9 nitrogen and oxygen atoms in total. The average Bonchev–Trinajstić information content (AvgIpc) is 2.54. The Kier molecular flexibility index (Phi) is 5.85. The summed E-state index contributed by atoms with van der Waals surface area (Å²) in [7, 11) is -8.38.